The number of hydrogen-bond acceptors (Lipinski definition) is 4. The molecule has 1 N–H and O–H groups in total. The van der Waals surface area contributed by atoms with Crippen LogP contribution in [0.5, 0.6) is 5.75 Å². The molecule has 0 saturated heterocycles. The molecule has 0 unspecified atom stereocenters. The summed E-state index contributed by atoms with van der Waals surface area (Å²) < 4.78 is 44.7. The van der Waals surface area contributed by atoms with Crippen LogP contribution in [0.15, 0.2) is 47.5 Å². The first kappa shape index (κ1) is 15.2. The summed E-state index contributed by atoms with van der Waals surface area (Å²) in [5.41, 5.74) is 0.197. The number of nitrogens with zero attached hydrogens (tertiary/aromatic N) is 1. The molecule has 1 heterocycles. The molecule has 21 heavy (non-hydrogen) atoms. The lowest BCUT2D eigenvalue weighted by molar-refractivity contribution is 0.317. The van der Waals surface area contributed by atoms with E-state index >= 15 is 0 Å². The van der Waals surface area contributed by atoms with Crippen molar-refractivity contribution in [2.75, 3.05) is 11.3 Å². The number of rotatable bonds is 6. The lowest BCUT2D eigenvalue weighted by Crippen LogP contribution is -2.13. The van der Waals surface area contributed by atoms with E-state index in [-0.39, 0.29) is 10.6 Å². The number of benzene rings is 1. The second-order valence-electron chi connectivity index (χ2n) is 4.29. The number of aromatic nitrogens is 1. The van der Waals surface area contributed by atoms with E-state index in [1.165, 1.54) is 18.2 Å². The Morgan fingerprint density at radius 3 is 2.48 bits per heavy atom. The highest BCUT2D eigenvalue weighted by atomic mass is 32.2. The van der Waals surface area contributed by atoms with Crippen molar-refractivity contribution in [3.8, 4) is 5.75 Å². The van der Waals surface area contributed by atoms with E-state index in [4.69, 9.17) is 4.74 Å². The summed E-state index contributed by atoms with van der Waals surface area (Å²) in [5, 5.41) is 0. The predicted molar refractivity (Wildman–Crippen MR) is 77.2 cm³/mol. The molecule has 112 valence electrons. The third-order valence-corrected chi connectivity index (χ3v) is 3.98. The summed E-state index contributed by atoms with van der Waals surface area (Å²) in [4.78, 5) is 3.48. The van der Waals surface area contributed by atoms with Crippen LogP contribution in [0.25, 0.3) is 0 Å². The zero-order chi connectivity index (χ0) is 15.3. The lowest BCUT2D eigenvalue weighted by atomic mass is 10.3. The second kappa shape index (κ2) is 6.53. The van der Waals surface area contributed by atoms with Crippen LogP contribution in [0.3, 0.4) is 0 Å². The van der Waals surface area contributed by atoms with Crippen LogP contribution in [0.1, 0.15) is 13.3 Å². The van der Waals surface area contributed by atoms with Crippen LogP contribution < -0.4 is 9.46 Å². The molecule has 0 aliphatic heterocycles. The number of pyridine rings is 1. The third kappa shape index (κ3) is 4.16. The predicted octanol–water partition coefficient (Wildman–Crippen LogP) is 2.81. The minimum Gasteiger partial charge on any atom is -0.494 e. The van der Waals surface area contributed by atoms with Gasteiger partial charge in [0.25, 0.3) is 10.0 Å². The van der Waals surface area contributed by atoms with Crippen molar-refractivity contribution < 1.29 is 17.5 Å². The van der Waals surface area contributed by atoms with Crippen molar-refractivity contribution in [1.29, 1.82) is 0 Å². The van der Waals surface area contributed by atoms with Gasteiger partial charge in [-0.25, -0.2) is 13.4 Å². The van der Waals surface area contributed by atoms with Crippen molar-refractivity contribution >= 4 is 15.7 Å². The SMILES string of the molecule is CCCOc1ccc(S(=O)(=O)Nc2ccc(F)nc2)cc1. The molecule has 0 bridgehead atoms. The zero-order valence-corrected chi connectivity index (χ0v) is 12.2. The Morgan fingerprint density at radius 1 is 1.19 bits per heavy atom. The average molecular weight is 310 g/mol. The molecule has 5 nitrogen and oxygen atoms in total. The fourth-order valence-electron chi connectivity index (χ4n) is 1.59. The molecule has 0 fully saturated rings. The largest absolute Gasteiger partial charge is 0.494 e. The summed E-state index contributed by atoms with van der Waals surface area (Å²) in [6.07, 6.45) is 1.99. The molecule has 0 radical (unpaired) electrons. The third-order valence-electron chi connectivity index (χ3n) is 2.59. The quantitative estimate of drug-likeness (QED) is 0.833. The van der Waals surface area contributed by atoms with Crippen LogP contribution in [-0.4, -0.2) is 20.0 Å². The molecule has 2 aromatic rings. The minimum atomic E-state index is -3.73. The number of hydrogen-bond donors (Lipinski definition) is 1. The van der Waals surface area contributed by atoms with Gasteiger partial charge in [-0.1, -0.05) is 6.92 Å². The van der Waals surface area contributed by atoms with Crippen LogP contribution >= 0.6 is 0 Å². The number of nitrogens with one attached hydrogen (secondary N) is 1. The fraction of sp³-hybridized carbons (Fsp3) is 0.214. The maximum Gasteiger partial charge on any atom is 0.261 e. The van der Waals surface area contributed by atoms with Gasteiger partial charge in [-0.05, 0) is 42.8 Å². The van der Waals surface area contributed by atoms with E-state index in [0.29, 0.717) is 12.4 Å². The molecular weight excluding hydrogens is 295 g/mol. The monoisotopic (exact) mass is 310 g/mol. The molecule has 1 aromatic heterocycles. The van der Waals surface area contributed by atoms with E-state index in [0.717, 1.165) is 18.7 Å². The van der Waals surface area contributed by atoms with E-state index in [1.807, 2.05) is 6.92 Å². The number of halogens is 1. The standard InChI is InChI=1S/C14H15FN2O3S/c1-2-9-20-12-4-6-13(7-5-12)21(18,19)17-11-3-8-14(15)16-10-11/h3-8,10,17H,2,9H2,1H3. The number of anilines is 1. The number of sulfonamides is 1. The first-order chi connectivity index (χ1) is 10.0. The molecule has 0 aliphatic carbocycles. The maximum absolute atomic E-state index is 12.7. The normalized spacial score (nSPS) is 11.1. The van der Waals surface area contributed by atoms with Gasteiger partial charge in [0.2, 0.25) is 5.95 Å². The molecule has 0 amide bonds. The van der Waals surface area contributed by atoms with Crippen LogP contribution in [0, 0.1) is 5.95 Å². The van der Waals surface area contributed by atoms with Crippen LogP contribution in [0.2, 0.25) is 0 Å². The Kier molecular flexibility index (Phi) is 4.74. The first-order valence-electron chi connectivity index (χ1n) is 6.38. The second-order valence-corrected chi connectivity index (χ2v) is 5.98. The highest BCUT2D eigenvalue weighted by Gasteiger charge is 2.14. The van der Waals surface area contributed by atoms with Crippen molar-refractivity contribution in [3.05, 3.63) is 48.5 Å². The van der Waals surface area contributed by atoms with E-state index < -0.39 is 16.0 Å². The molecule has 1 aromatic carbocycles. The Morgan fingerprint density at radius 2 is 1.90 bits per heavy atom. The van der Waals surface area contributed by atoms with Gasteiger partial charge in [0.15, 0.2) is 0 Å². The highest BCUT2D eigenvalue weighted by Crippen LogP contribution is 2.19. The molecule has 7 heteroatoms. The molecule has 0 aliphatic rings. The summed E-state index contributed by atoms with van der Waals surface area (Å²) in [6, 6.07) is 8.47. The molecular formula is C14H15FN2O3S. The molecule has 2 rings (SSSR count). The van der Waals surface area contributed by atoms with Crippen molar-refractivity contribution in [1.82, 2.24) is 4.98 Å². The van der Waals surface area contributed by atoms with Crippen LogP contribution in [-0.2, 0) is 10.0 Å². The van der Waals surface area contributed by atoms with Gasteiger partial charge in [-0.15, -0.1) is 0 Å². The Labute approximate surface area is 122 Å². The van der Waals surface area contributed by atoms with E-state index in [2.05, 4.69) is 9.71 Å². The smallest absolute Gasteiger partial charge is 0.261 e. The van der Waals surface area contributed by atoms with Gasteiger partial charge >= 0.3 is 0 Å². The van der Waals surface area contributed by atoms with Gasteiger partial charge in [0.05, 0.1) is 23.4 Å². The minimum absolute atomic E-state index is 0.0932. The zero-order valence-electron chi connectivity index (χ0n) is 11.4. The van der Waals surface area contributed by atoms with Gasteiger partial charge in [-0.2, -0.15) is 4.39 Å². The topological polar surface area (TPSA) is 68.3 Å². The summed E-state index contributed by atoms with van der Waals surface area (Å²) in [7, 11) is -3.73. The van der Waals surface area contributed by atoms with Gasteiger partial charge < -0.3 is 4.74 Å². The van der Waals surface area contributed by atoms with E-state index in [9.17, 15) is 12.8 Å². The summed E-state index contributed by atoms with van der Waals surface area (Å²) >= 11 is 0. The Hall–Kier alpha value is -2.15. The first-order valence-corrected chi connectivity index (χ1v) is 7.87. The molecule has 0 saturated carbocycles. The summed E-state index contributed by atoms with van der Waals surface area (Å²) in [6.45, 7) is 2.56. The maximum atomic E-state index is 12.7. The highest BCUT2D eigenvalue weighted by molar-refractivity contribution is 7.92. The van der Waals surface area contributed by atoms with Crippen LogP contribution in [0.4, 0.5) is 10.1 Å². The van der Waals surface area contributed by atoms with Gasteiger partial charge in [0, 0.05) is 0 Å². The van der Waals surface area contributed by atoms with Gasteiger partial charge in [-0.3, -0.25) is 4.72 Å². The fourth-order valence-corrected chi connectivity index (χ4v) is 2.63. The Bertz CT molecular complexity index is 685. The number of ether oxygens (including phenoxy) is 1. The van der Waals surface area contributed by atoms with Crippen molar-refractivity contribution in [3.63, 3.8) is 0 Å². The average Bonchev–Trinajstić information content (AvgIpc) is 2.48. The van der Waals surface area contributed by atoms with Crippen molar-refractivity contribution in [2.45, 2.75) is 18.2 Å². The van der Waals surface area contributed by atoms with E-state index in [1.54, 1.807) is 12.1 Å². The molecule has 0 spiro atoms. The summed E-state index contributed by atoms with van der Waals surface area (Å²) in [5.74, 6) is -0.0605. The molecule has 0 atom stereocenters. The van der Waals surface area contributed by atoms with Crippen molar-refractivity contribution in [2.24, 2.45) is 0 Å². The Balaban J connectivity index is 2.13. The van der Waals surface area contributed by atoms with Gasteiger partial charge in [0.1, 0.15) is 5.75 Å². The lowest BCUT2D eigenvalue weighted by Gasteiger charge is -2.09.